The van der Waals surface area contributed by atoms with E-state index in [0.717, 1.165) is 44.7 Å². The fourth-order valence-electron chi connectivity index (χ4n) is 3.40. The first-order chi connectivity index (χ1) is 11.7. The molecule has 0 spiro atoms. The van der Waals surface area contributed by atoms with Crippen LogP contribution in [0.5, 0.6) is 0 Å². The number of hydrogen-bond donors (Lipinski definition) is 1. The zero-order valence-electron chi connectivity index (χ0n) is 13.9. The van der Waals surface area contributed by atoms with Crippen molar-refractivity contribution in [3.8, 4) is 0 Å². The number of halogens is 1. The first kappa shape index (κ1) is 17.1. The first-order valence-corrected chi connectivity index (χ1v) is 8.60. The first-order valence-electron chi connectivity index (χ1n) is 8.60. The number of rotatable bonds is 6. The zero-order chi connectivity index (χ0) is 16.8. The predicted octanol–water partition coefficient (Wildman–Crippen LogP) is 2.89. The van der Waals surface area contributed by atoms with Gasteiger partial charge in [0.1, 0.15) is 5.82 Å². The lowest BCUT2D eigenvalue weighted by molar-refractivity contribution is 0.0500. The Morgan fingerprint density at radius 3 is 2.33 bits per heavy atom. The van der Waals surface area contributed by atoms with Gasteiger partial charge in [-0.2, -0.15) is 0 Å². The molecular weight excluding hydrogens is 303 g/mol. The monoisotopic (exact) mass is 328 g/mol. The van der Waals surface area contributed by atoms with Crippen LogP contribution in [0.3, 0.4) is 0 Å². The van der Waals surface area contributed by atoms with Crippen molar-refractivity contribution in [1.29, 1.82) is 0 Å². The van der Waals surface area contributed by atoms with Crippen LogP contribution >= 0.6 is 0 Å². The smallest absolute Gasteiger partial charge is 0.123 e. The Hall–Kier alpha value is -1.75. The van der Waals surface area contributed by atoms with E-state index in [1.807, 2.05) is 18.2 Å². The minimum Gasteiger partial charge on any atom is -0.396 e. The van der Waals surface area contributed by atoms with Crippen LogP contribution in [0, 0.1) is 5.82 Å². The minimum atomic E-state index is -0.196. The summed E-state index contributed by atoms with van der Waals surface area (Å²) in [5.74, 6) is -0.196. The Balaban J connectivity index is 1.61. The van der Waals surface area contributed by atoms with E-state index in [-0.39, 0.29) is 12.4 Å². The fraction of sp³-hybridized carbons (Fsp3) is 0.400. The molecule has 0 unspecified atom stereocenters. The molecule has 0 bridgehead atoms. The van der Waals surface area contributed by atoms with Crippen LogP contribution < -0.4 is 0 Å². The lowest BCUT2D eigenvalue weighted by atomic mass is 10.1. The molecule has 128 valence electrons. The summed E-state index contributed by atoms with van der Waals surface area (Å²) >= 11 is 0. The highest BCUT2D eigenvalue weighted by atomic mass is 19.1. The van der Waals surface area contributed by atoms with Gasteiger partial charge in [-0.05, 0) is 29.7 Å². The summed E-state index contributed by atoms with van der Waals surface area (Å²) in [6.45, 7) is 4.89. The van der Waals surface area contributed by atoms with E-state index in [1.54, 1.807) is 0 Å². The zero-order valence-corrected chi connectivity index (χ0v) is 13.9. The summed E-state index contributed by atoms with van der Waals surface area (Å²) < 4.78 is 13.1. The van der Waals surface area contributed by atoms with E-state index < -0.39 is 0 Å². The SMILES string of the molecule is OCC[C@@H]1CN(Cc2ccccc2)CCN1Cc1ccc(F)cc1. The third kappa shape index (κ3) is 4.63. The van der Waals surface area contributed by atoms with E-state index in [4.69, 9.17) is 0 Å². The van der Waals surface area contributed by atoms with E-state index in [2.05, 4.69) is 34.1 Å². The fourth-order valence-corrected chi connectivity index (χ4v) is 3.40. The molecule has 24 heavy (non-hydrogen) atoms. The van der Waals surface area contributed by atoms with Crippen LogP contribution in [-0.4, -0.2) is 47.2 Å². The third-order valence-electron chi connectivity index (χ3n) is 4.70. The van der Waals surface area contributed by atoms with Crippen molar-refractivity contribution in [2.75, 3.05) is 26.2 Å². The van der Waals surface area contributed by atoms with E-state index in [9.17, 15) is 9.50 Å². The van der Waals surface area contributed by atoms with Crippen molar-refractivity contribution in [2.24, 2.45) is 0 Å². The summed E-state index contributed by atoms with van der Waals surface area (Å²) in [5, 5.41) is 9.42. The van der Waals surface area contributed by atoms with Gasteiger partial charge in [-0.15, -0.1) is 0 Å². The Morgan fingerprint density at radius 2 is 1.62 bits per heavy atom. The van der Waals surface area contributed by atoms with Gasteiger partial charge in [0.2, 0.25) is 0 Å². The van der Waals surface area contributed by atoms with Crippen molar-refractivity contribution in [3.63, 3.8) is 0 Å². The van der Waals surface area contributed by atoms with Gasteiger partial charge in [0.15, 0.2) is 0 Å². The van der Waals surface area contributed by atoms with Crippen LogP contribution in [0.2, 0.25) is 0 Å². The van der Waals surface area contributed by atoms with E-state index in [0.29, 0.717) is 6.04 Å². The van der Waals surface area contributed by atoms with Crippen LogP contribution in [0.1, 0.15) is 17.5 Å². The second-order valence-electron chi connectivity index (χ2n) is 6.48. The average Bonchev–Trinajstić information content (AvgIpc) is 2.60. The van der Waals surface area contributed by atoms with E-state index in [1.165, 1.54) is 17.7 Å². The van der Waals surface area contributed by atoms with Crippen LogP contribution in [0.25, 0.3) is 0 Å². The van der Waals surface area contributed by atoms with Crippen molar-refractivity contribution in [1.82, 2.24) is 9.80 Å². The molecule has 1 atom stereocenters. The minimum absolute atomic E-state index is 0.196. The maximum absolute atomic E-state index is 13.1. The Morgan fingerprint density at radius 1 is 0.917 bits per heavy atom. The highest BCUT2D eigenvalue weighted by molar-refractivity contribution is 5.17. The Kier molecular flexibility index (Phi) is 5.96. The molecule has 0 radical (unpaired) electrons. The normalized spacial score (nSPS) is 19.5. The van der Waals surface area contributed by atoms with Gasteiger partial charge in [-0.25, -0.2) is 4.39 Å². The maximum Gasteiger partial charge on any atom is 0.123 e. The lowest BCUT2D eigenvalue weighted by Gasteiger charge is -2.41. The summed E-state index contributed by atoms with van der Waals surface area (Å²) in [5.41, 5.74) is 2.45. The number of piperazine rings is 1. The van der Waals surface area contributed by atoms with Gasteiger partial charge in [0.05, 0.1) is 0 Å². The largest absolute Gasteiger partial charge is 0.396 e. The maximum atomic E-state index is 13.1. The summed E-state index contributed by atoms with van der Waals surface area (Å²) in [4.78, 5) is 4.86. The molecule has 1 aliphatic heterocycles. The number of aliphatic hydroxyl groups is 1. The molecule has 2 aromatic rings. The van der Waals surface area contributed by atoms with Crippen molar-refractivity contribution in [2.45, 2.75) is 25.6 Å². The second kappa shape index (κ2) is 8.38. The number of hydrogen-bond acceptors (Lipinski definition) is 3. The average molecular weight is 328 g/mol. The molecule has 2 aromatic carbocycles. The number of benzene rings is 2. The number of aliphatic hydroxyl groups excluding tert-OH is 1. The summed E-state index contributed by atoms with van der Waals surface area (Å²) in [7, 11) is 0. The highest BCUT2D eigenvalue weighted by Gasteiger charge is 2.26. The predicted molar refractivity (Wildman–Crippen MR) is 94.0 cm³/mol. The molecule has 0 aliphatic carbocycles. The van der Waals surface area contributed by atoms with Crippen molar-refractivity contribution >= 4 is 0 Å². The lowest BCUT2D eigenvalue weighted by Crippen LogP contribution is -2.52. The van der Waals surface area contributed by atoms with Gasteiger partial charge in [-0.3, -0.25) is 9.80 Å². The molecule has 0 saturated carbocycles. The van der Waals surface area contributed by atoms with Gasteiger partial charge >= 0.3 is 0 Å². The molecule has 1 fully saturated rings. The van der Waals surface area contributed by atoms with Crippen molar-refractivity contribution in [3.05, 3.63) is 71.5 Å². The molecule has 0 aromatic heterocycles. The summed E-state index contributed by atoms with van der Waals surface area (Å²) in [6, 6.07) is 17.6. The molecular formula is C20H25FN2O. The second-order valence-corrected chi connectivity index (χ2v) is 6.48. The Labute approximate surface area is 143 Å². The molecule has 0 amide bonds. The van der Waals surface area contributed by atoms with Crippen LogP contribution in [-0.2, 0) is 13.1 Å². The van der Waals surface area contributed by atoms with Gasteiger partial charge in [-0.1, -0.05) is 42.5 Å². The number of nitrogens with zero attached hydrogens (tertiary/aromatic N) is 2. The molecule has 4 heteroatoms. The third-order valence-corrected chi connectivity index (χ3v) is 4.70. The molecule has 3 rings (SSSR count). The van der Waals surface area contributed by atoms with Gasteiger partial charge in [0.25, 0.3) is 0 Å². The van der Waals surface area contributed by atoms with Gasteiger partial charge in [0, 0.05) is 45.4 Å². The molecule has 3 nitrogen and oxygen atoms in total. The van der Waals surface area contributed by atoms with Gasteiger partial charge < -0.3 is 5.11 Å². The quantitative estimate of drug-likeness (QED) is 0.883. The molecule has 1 N–H and O–H groups in total. The van der Waals surface area contributed by atoms with Crippen molar-refractivity contribution < 1.29 is 9.50 Å². The van der Waals surface area contributed by atoms with Crippen LogP contribution in [0.4, 0.5) is 4.39 Å². The topological polar surface area (TPSA) is 26.7 Å². The van der Waals surface area contributed by atoms with E-state index >= 15 is 0 Å². The Bertz CT molecular complexity index is 617. The molecule has 1 aliphatic rings. The summed E-state index contributed by atoms with van der Waals surface area (Å²) in [6.07, 6.45) is 0.770. The molecule has 1 saturated heterocycles. The highest BCUT2D eigenvalue weighted by Crippen LogP contribution is 2.18. The van der Waals surface area contributed by atoms with Crippen LogP contribution in [0.15, 0.2) is 54.6 Å². The molecule has 1 heterocycles. The standard InChI is InChI=1S/C20H25FN2O/c21-19-8-6-18(7-9-19)15-23-12-11-22(16-20(23)10-13-24)14-17-4-2-1-3-5-17/h1-9,20,24H,10-16H2/t20-/m1/s1.